The Balaban J connectivity index is 1.57. The Labute approximate surface area is 102 Å². The fourth-order valence-corrected chi connectivity index (χ4v) is 3.21. The van der Waals surface area contributed by atoms with Crippen LogP contribution in [0.5, 0.6) is 0 Å². The molecule has 90 valence electrons. The molecule has 0 saturated carbocycles. The van der Waals surface area contributed by atoms with Crippen LogP contribution >= 0.6 is 11.8 Å². The highest BCUT2D eigenvalue weighted by molar-refractivity contribution is 7.99. The molecule has 16 heavy (non-hydrogen) atoms. The molecular weight excluding hydrogens is 218 g/mol. The summed E-state index contributed by atoms with van der Waals surface area (Å²) in [6.07, 6.45) is 9.13. The average molecular weight is 239 g/mol. The largest absolute Gasteiger partial charge is 0.314 e. The Morgan fingerprint density at radius 3 is 3.00 bits per heavy atom. The van der Waals surface area contributed by atoms with Gasteiger partial charge in [-0.25, -0.2) is 0 Å². The van der Waals surface area contributed by atoms with Gasteiger partial charge in [0.2, 0.25) is 0 Å². The normalized spacial score (nSPS) is 17.8. The van der Waals surface area contributed by atoms with E-state index in [-0.39, 0.29) is 0 Å². The Morgan fingerprint density at radius 2 is 2.31 bits per heavy atom. The summed E-state index contributed by atoms with van der Waals surface area (Å²) in [5.74, 6) is 2.67. The van der Waals surface area contributed by atoms with E-state index in [9.17, 15) is 0 Å². The minimum atomic E-state index is 0.773. The number of aryl methyl sites for hydroxylation is 2. The predicted octanol–water partition coefficient (Wildman–Crippen LogP) is 1.84. The first-order valence-corrected chi connectivity index (χ1v) is 7.29. The fourth-order valence-electron chi connectivity index (χ4n) is 2.10. The molecule has 0 radical (unpaired) electrons. The molecule has 1 aliphatic rings. The lowest BCUT2D eigenvalue weighted by atomic mass is 10.1. The molecule has 2 heterocycles. The quantitative estimate of drug-likeness (QED) is 0.795. The number of nitrogens with zero attached hydrogens (tertiary/aromatic N) is 2. The number of aromatic nitrogens is 2. The van der Waals surface area contributed by atoms with Gasteiger partial charge in [0.1, 0.15) is 0 Å². The summed E-state index contributed by atoms with van der Waals surface area (Å²) in [6.45, 7) is 1.14. The molecule has 0 amide bonds. The van der Waals surface area contributed by atoms with Gasteiger partial charge in [0.25, 0.3) is 0 Å². The lowest BCUT2D eigenvalue weighted by Crippen LogP contribution is -2.33. The van der Waals surface area contributed by atoms with Crippen LogP contribution in [0.2, 0.25) is 0 Å². The van der Waals surface area contributed by atoms with Gasteiger partial charge in [0.05, 0.1) is 6.20 Å². The number of hydrogen-bond acceptors (Lipinski definition) is 3. The van der Waals surface area contributed by atoms with Crippen LogP contribution in [-0.4, -0.2) is 33.9 Å². The Hall–Kier alpha value is -0.480. The van der Waals surface area contributed by atoms with E-state index in [1.807, 2.05) is 17.9 Å². The zero-order chi connectivity index (χ0) is 11.2. The van der Waals surface area contributed by atoms with E-state index < -0.39 is 0 Å². The lowest BCUT2D eigenvalue weighted by molar-refractivity contribution is 0.477. The highest BCUT2D eigenvalue weighted by Crippen LogP contribution is 2.16. The van der Waals surface area contributed by atoms with Crippen molar-refractivity contribution in [1.82, 2.24) is 15.1 Å². The molecule has 2 rings (SSSR count). The molecule has 4 heteroatoms. The smallest absolute Gasteiger partial charge is 0.0521 e. The van der Waals surface area contributed by atoms with Crippen molar-refractivity contribution in [3.05, 3.63) is 18.0 Å². The first-order valence-electron chi connectivity index (χ1n) is 6.13. The third-order valence-corrected chi connectivity index (χ3v) is 4.10. The summed E-state index contributed by atoms with van der Waals surface area (Å²) in [6, 6.07) is 0.773. The van der Waals surface area contributed by atoms with Gasteiger partial charge in [0.15, 0.2) is 0 Å². The third-order valence-electron chi connectivity index (χ3n) is 3.05. The van der Waals surface area contributed by atoms with E-state index >= 15 is 0 Å². The molecule has 0 unspecified atom stereocenters. The molecule has 1 saturated heterocycles. The summed E-state index contributed by atoms with van der Waals surface area (Å²) in [5, 5.41) is 7.84. The van der Waals surface area contributed by atoms with Crippen LogP contribution < -0.4 is 5.32 Å². The van der Waals surface area contributed by atoms with Crippen LogP contribution in [0, 0.1) is 0 Å². The van der Waals surface area contributed by atoms with Crippen LogP contribution in [0.1, 0.15) is 24.8 Å². The highest BCUT2D eigenvalue weighted by Gasteiger charge is 2.11. The van der Waals surface area contributed by atoms with Gasteiger partial charge in [-0.05, 0) is 49.3 Å². The van der Waals surface area contributed by atoms with E-state index in [1.165, 1.54) is 36.3 Å². The molecule has 0 aliphatic carbocycles. The summed E-state index contributed by atoms with van der Waals surface area (Å²) < 4.78 is 1.88. The van der Waals surface area contributed by atoms with Gasteiger partial charge in [-0.15, -0.1) is 0 Å². The molecule has 0 atom stereocenters. The first kappa shape index (κ1) is 12.0. The minimum absolute atomic E-state index is 0.773. The zero-order valence-electron chi connectivity index (χ0n) is 9.98. The first-order chi connectivity index (χ1) is 7.84. The Kier molecular flexibility index (Phi) is 4.72. The van der Waals surface area contributed by atoms with Crippen molar-refractivity contribution in [1.29, 1.82) is 0 Å². The Morgan fingerprint density at radius 1 is 1.50 bits per heavy atom. The van der Waals surface area contributed by atoms with E-state index in [2.05, 4.69) is 28.4 Å². The number of thioether (sulfide) groups is 1. The lowest BCUT2D eigenvalue weighted by Gasteiger charge is -2.22. The van der Waals surface area contributed by atoms with Crippen molar-refractivity contribution in [3.63, 3.8) is 0 Å². The molecule has 1 aliphatic heterocycles. The van der Waals surface area contributed by atoms with Crippen LogP contribution in [0.3, 0.4) is 0 Å². The number of rotatable bonds is 5. The molecule has 1 aromatic heterocycles. The molecule has 0 bridgehead atoms. The topological polar surface area (TPSA) is 29.9 Å². The van der Waals surface area contributed by atoms with Crippen molar-refractivity contribution in [2.45, 2.75) is 31.7 Å². The van der Waals surface area contributed by atoms with Crippen LogP contribution in [-0.2, 0) is 13.5 Å². The van der Waals surface area contributed by atoms with Crippen molar-refractivity contribution >= 4 is 11.8 Å². The van der Waals surface area contributed by atoms with Crippen molar-refractivity contribution in [2.24, 2.45) is 7.05 Å². The molecular formula is C12H21N3S. The highest BCUT2D eigenvalue weighted by atomic mass is 32.2. The molecule has 0 aromatic carbocycles. The second-order valence-electron chi connectivity index (χ2n) is 4.47. The van der Waals surface area contributed by atoms with Crippen LogP contribution in [0.25, 0.3) is 0 Å². The summed E-state index contributed by atoms with van der Waals surface area (Å²) in [7, 11) is 1.97. The van der Waals surface area contributed by atoms with Gasteiger partial charge in [-0.2, -0.15) is 16.9 Å². The van der Waals surface area contributed by atoms with Gasteiger partial charge in [0, 0.05) is 19.3 Å². The second-order valence-corrected chi connectivity index (χ2v) is 5.69. The summed E-state index contributed by atoms with van der Waals surface area (Å²) in [4.78, 5) is 0. The predicted molar refractivity (Wildman–Crippen MR) is 69.9 cm³/mol. The average Bonchev–Trinajstić information content (AvgIpc) is 2.72. The van der Waals surface area contributed by atoms with Gasteiger partial charge in [-0.1, -0.05) is 0 Å². The molecule has 3 nitrogen and oxygen atoms in total. The third kappa shape index (κ3) is 3.83. The molecule has 1 aromatic rings. The number of nitrogens with one attached hydrogen (secondary N) is 1. The van der Waals surface area contributed by atoms with Crippen LogP contribution in [0.4, 0.5) is 0 Å². The standard InChI is InChI=1S/C12H21N3S/c1-15-10-11(9-14-15)3-2-6-13-12-4-7-16-8-5-12/h9-10,12-13H,2-8H2,1H3. The molecule has 1 N–H and O–H groups in total. The molecule has 0 spiro atoms. The molecule has 1 fully saturated rings. The SMILES string of the molecule is Cn1cc(CCCNC2CCSCC2)cn1. The van der Waals surface area contributed by atoms with Gasteiger partial charge in [-0.3, -0.25) is 4.68 Å². The zero-order valence-corrected chi connectivity index (χ0v) is 10.8. The monoisotopic (exact) mass is 239 g/mol. The maximum absolute atomic E-state index is 4.18. The van der Waals surface area contributed by atoms with E-state index in [1.54, 1.807) is 0 Å². The summed E-state index contributed by atoms with van der Waals surface area (Å²) in [5.41, 5.74) is 1.35. The maximum Gasteiger partial charge on any atom is 0.0521 e. The van der Waals surface area contributed by atoms with Crippen molar-refractivity contribution < 1.29 is 0 Å². The maximum atomic E-state index is 4.18. The van der Waals surface area contributed by atoms with E-state index in [4.69, 9.17) is 0 Å². The number of hydrogen-bond donors (Lipinski definition) is 1. The van der Waals surface area contributed by atoms with Crippen molar-refractivity contribution in [2.75, 3.05) is 18.1 Å². The summed E-state index contributed by atoms with van der Waals surface area (Å²) >= 11 is 2.09. The minimum Gasteiger partial charge on any atom is -0.314 e. The van der Waals surface area contributed by atoms with Crippen molar-refractivity contribution in [3.8, 4) is 0 Å². The van der Waals surface area contributed by atoms with E-state index in [0.29, 0.717) is 0 Å². The van der Waals surface area contributed by atoms with Crippen LogP contribution in [0.15, 0.2) is 12.4 Å². The fraction of sp³-hybridized carbons (Fsp3) is 0.750. The van der Waals surface area contributed by atoms with E-state index in [0.717, 1.165) is 19.0 Å². The van der Waals surface area contributed by atoms with Gasteiger partial charge >= 0.3 is 0 Å². The Bertz CT molecular complexity index is 305. The van der Waals surface area contributed by atoms with Gasteiger partial charge < -0.3 is 5.32 Å². The second kappa shape index (κ2) is 6.30.